The minimum Gasteiger partial charge on any atom is -0.486 e. The Balaban J connectivity index is 1.36. The molecule has 0 bridgehead atoms. The molecule has 1 aromatic heterocycles. The number of carbonyl (C=O) groups is 2. The molecule has 0 spiro atoms. The number of benzene rings is 2. The number of aromatic nitrogens is 1. The Morgan fingerprint density at radius 3 is 2.74 bits per heavy atom. The van der Waals surface area contributed by atoms with E-state index >= 15 is 0 Å². The lowest BCUT2D eigenvalue weighted by molar-refractivity contribution is -0.130. The average molecular weight is 480 g/mol. The number of rotatable bonds is 5. The van der Waals surface area contributed by atoms with Crippen LogP contribution >= 0.6 is 11.3 Å². The maximum atomic E-state index is 14.0. The van der Waals surface area contributed by atoms with Crippen molar-refractivity contribution < 1.29 is 18.7 Å². The molecule has 0 aliphatic carbocycles. The zero-order valence-electron chi connectivity index (χ0n) is 19.0. The van der Waals surface area contributed by atoms with Crippen LogP contribution in [0.3, 0.4) is 0 Å². The summed E-state index contributed by atoms with van der Waals surface area (Å²) in [4.78, 5) is 33.0. The number of fused-ring (bicyclic) bond motifs is 1. The lowest BCUT2D eigenvalue weighted by atomic mass is 9.88. The maximum Gasteiger partial charge on any atom is 0.273 e. The Kier molecular flexibility index (Phi) is 6.32. The Bertz CT molecular complexity index is 1220. The third kappa shape index (κ3) is 4.55. The average Bonchev–Trinajstić information content (AvgIpc) is 3.54. The zero-order valence-corrected chi connectivity index (χ0v) is 19.8. The Morgan fingerprint density at radius 1 is 1.15 bits per heavy atom. The minimum atomic E-state index is -0.370. The van der Waals surface area contributed by atoms with Gasteiger partial charge < -0.3 is 14.5 Å². The van der Waals surface area contributed by atoms with E-state index in [1.54, 1.807) is 23.3 Å². The molecular formula is C26H26FN3O3S. The Labute approximate surface area is 202 Å². The summed E-state index contributed by atoms with van der Waals surface area (Å²) in [6.45, 7) is 3.96. The predicted molar refractivity (Wildman–Crippen MR) is 127 cm³/mol. The van der Waals surface area contributed by atoms with Gasteiger partial charge in [0.05, 0.1) is 6.04 Å². The molecule has 5 rings (SSSR count). The van der Waals surface area contributed by atoms with Crippen LogP contribution in [-0.2, 0) is 17.8 Å². The number of carbonyl (C=O) groups excluding carboxylic acids is 2. The smallest absolute Gasteiger partial charge is 0.273 e. The van der Waals surface area contributed by atoms with E-state index in [0.717, 1.165) is 54.0 Å². The molecule has 2 aromatic carbocycles. The molecule has 1 fully saturated rings. The molecule has 1 atom stereocenters. The van der Waals surface area contributed by atoms with Crippen LogP contribution in [0.15, 0.2) is 47.8 Å². The van der Waals surface area contributed by atoms with Crippen molar-refractivity contribution in [3.63, 3.8) is 0 Å². The van der Waals surface area contributed by atoms with Crippen LogP contribution in [0, 0.1) is 5.82 Å². The fraction of sp³-hybridized carbons (Fsp3) is 0.346. The van der Waals surface area contributed by atoms with Gasteiger partial charge in [-0.25, -0.2) is 9.37 Å². The molecule has 0 saturated carbocycles. The van der Waals surface area contributed by atoms with Crippen LogP contribution in [0.2, 0.25) is 0 Å². The first-order chi connectivity index (χ1) is 16.5. The molecule has 6 nitrogen and oxygen atoms in total. The lowest BCUT2D eigenvalue weighted by Gasteiger charge is -2.37. The summed E-state index contributed by atoms with van der Waals surface area (Å²) in [5.74, 6) is 0.247. The number of amides is 2. The minimum absolute atomic E-state index is 0.0176. The van der Waals surface area contributed by atoms with E-state index in [-0.39, 0.29) is 30.3 Å². The van der Waals surface area contributed by atoms with Crippen LogP contribution in [0.25, 0.3) is 0 Å². The van der Waals surface area contributed by atoms with Gasteiger partial charge in [-0.2, -0.15) is 0 Å². The summed E-state index contributed by atoms with van der Waals surface area (Å²) in [5, 5.41) is 2.52. The van der Waals surface area contributed by atoms with Gasteiger partial charge in [0.15, 0.2) is 0 Å². The molecule has 3 heterocycles. The number of halogens is 1. The van der Waals surface area contributed by atoms with E-state index in [1.165, 1.54) is 23.5 Å². The fourth-order valence-corrected chi connectivity index (χ4v) is 5.44. The zero-order chi connectivity index (χ0) is 23.7. The number of hydrogen-bond donors (Lipinski definition) is 0. The van der Waals surface area contributed by atoms with E-state index in [9.17, 15) is 14.0 Å². The van der Waals surface area contributed by atoms with Gasteiger partial charge in [-0.15, -0.1) is 11.3 Å². The van der Waals surface area contributed by atoms with E-state index in [4.69, 9.17) is 4.74 Å². The number of hydrogen-bond acceptors (Lipinski definition) is 5. The first-order valence-corrected chi connectivity index (χ1v) is 12.4. The molecule has 0 unspecified atom stereocenters. The van der Waals surface area contributed by atoms with Crippen LogP contribution in [0.1, 0.15) is 58.0 Å². The molecule has 1 saturated heterocycles. The van der Waals surface area contributed by atoms with Gasteiger partial charge in [0.25, 0.3) is 5.91 Å². The van der Waals surface area contributed by atoms with Crippen molar-refractivity contribution in [1.29, 1.82) is 0 Å². The Hall–Kier alpha value is -3.26. The maximum absolute atomic E-state index is 14.0. The van der Waals surface area contributed by atoms with Gasteiger partial charge in [-0.1, -0.05) is 18.2 Å². The summed E-state index contributed by atoms with van der Waals surface area (Å²) in [7, 11) is 0. The highest BCUT2D eigenvalue weighted by atomic mass is 32.1. The highest BCUT2D eigenvalue weighted by molar-refractivity contribution is 7.09. The van der Waals surface area contributed by atoms with Crippen molar-refractivity contribution in [2.24, 2.45) is 0 Å². The van der Waals surface area contributed by atoms with Crippen molar-refractivity contribution in [3.8, 4) is 5.75 Å². The quantitative estimate of drug-likeness (QED) is 0.537. The van der Waals surface area contributed by atoms with Crippen molar-refractivity contribution in [3.05, 3.63) is 81.1 Å². The van der Waals surface area contributed by atoms with Gasteiger partial charge in [-0.05, 0) is 60.2 Å². The van der Waals surface area contributed by atoms with Crippen molar-refractivity contribution >= 4 is 23.2 Å². The van der Waals surface area contributed by atoms with Crippen LogP contribution in [-0.4, -0.2) is 46.2 Å². The van der Waals surface area contributed by atoms with Gasteiger partial charge in [-0.3, -0.25) is 9.59 Å². The second-order valence-electron chi connectivity index (χ2n) is 8.70. The molecular weight excluding hydrogens is 453 g/mol. The van der Waals surface area contributed by atoms with Gasteiger partial charge >= 0.3 is 0 Å². The highest BCUT2D eigenvalue weighted by Crippen LogP contribution is 2.37. The predicted octanol–water partition coefficient (Wildman–Crippen LogP) is 4.59. The lowest BCUT2D eigenvalue weighted by Crippen LogP contribution is -2.39. The van der Waals surface area contributed by atoms with Crippen molar-refractivity contribution in [1.82, 2.24) is 14.8 Å². The molecule has 8 heteroatoms. The van der Waals surface area contributed by atoms with Crippen LogP contribution in [0.4, 0.5) is 4.39 Å². The summed E-state index contributed by atoms with van der Waals surface area (Å²) >= 11 is 1.41. The molecule has 0 N–H and O–H groups in total. The number of ether oxygens (including phenoxy) is 1. The van der Waals surface area contributed by atoms with E-state index < -0.39 is 0 Å². The largest absolute Gasteiger partial charge is 0.486 e. The van der Waals surface area contributed by atoms with Crippen molar-refractivity contribution in [2.45, 2.75) is 38.8 Å². The molecule has 34 heavy (non-hydrogen) atoms. The second-order valence-corrected chi connectivity index (χ2v) is 9.64. The van der Waals surface area contributed by atoms with Gasteiger partial charge in [0.2, 0.25) is 5.91 Å². The summed E-state index contributed by atoms with van der Waals surface area (Å²) < 4.78 is 20.0. The third-order valence-electron chi connectivity index (χ3n) is 6.44. The van der Waals surface area contributed by atoms with E-state index in [1.807, 2.05) is 29.2 Å². The first kappa shape index (κ1) is 22.5. The van der Waals surface area contributed by atoms with Gasteiger partial charge in [0, 0.05) is 31.9 Å². The fourth-order valence-electron chi connectivity index (χ4n) is 4.76. The SMILES string of the molecule is CC(=O)N1CCc2ccc(OCc3nc(C(=O)N4CCCC4)cs3)cc2[C@H]1c1cccc(F)c1. The Morgan fingerprint density at radius 2 is 1.97 bits per heavy atom. The molecule has 2 amide bonds. The molecule has 3 aromatic rings. The van der Waals surface area contributed by atoms with E-state index in [0.29, 0.717) is 18.0 Å². The van der Waals surface area contributed by atoms with Crippen molar-refractivity contribution in [2.75, 3.05) is 19.6 Å². The second kappa shape index (κ2) is 9.54. The van der Waals surface area contributed by atoms with Gasteiger partial charge in [0.1, 0.15) is 28.9 Å². The monoisotopic (exact) mass is 479 g/mol. The normalized spacial score (nSPS) is 17.5. The van der Waals surface area contributed by atoms with E-state index in [2.05, 4.69) is 4.98 Å². The number of thiazole rings is 1. The molecule has 0 radical (unpaired) electrons. The molecule has 176 valence electrons. The standard InChI is InChI=1S/C26H26FN3O3S/c1-17(31)30-12-9-18-7-8-21(14-22(18)25(30)19-5-4-6-20(27)13-19)33-15-24-28-23(16-34-24)26(32)29-10-2-3-11-29/h4-8,13-14,16,25H,2-3,9-12,15H2,1H3/t25-/m1/s1. The third-order valence-corrected chi connectivity index (χ3v) is 7.26. The first-order valence-electron chi connectivity index (χ1n) is 11.5. The number of nitrogens with zero attached hydrogens (tertiary/aromatic N) is 3. The summed E-state index contributed by atoms with van der Waals surface area (Å²) in [6, 6.07) is 11.9. The van der Waals surface area contributed by atoms with Crippen LogP contribution < -0.4 is 4.74 Å². The molecule has 2 aliphatic rings. The van der Waals surface area contributed by atoms with Crippen LogP contribution in [0.5, 0.6) is 5.75 Å². The summed E-state index contributed by atoms with van der Waals surface area (Å²) in [6.07, 6.45) is 2.82. The topological polar surface area (TPSA) is 62.7 Å². The summed E-state index contributed by atoms with van der Waals surface area (Å²) in [5.41, 5.74) is 3.26. The number of likely N-dealkylation sites (tertiary alicyclic amines) is 1. The molecule has 2 aliphatic heterocycles. The highest BCUT2D eigenvalue weighted by Gasteiger charge is 2.31.